The van der Waals surface area contributed by atoms with Crippen molar-refractivity contribution in [3.05, 3.63) is 24.3 Å². The molecule has 1 amide bonds. The summed E-state index contributed by atoms with van der Waals surface area (Å²) in [5.41, 5.74) is 0.299. The zero-order valence-electron chi connectivity index (χ0n) is 7.51. The normalized spacial score (nSPS) is 10.3. The third kappa shape index (κ3) is 2.98. The summed E-state index contributed by atoms with van der Waals surface area (Å²) >= 11 is 0. The molecule has 0 aliphatic carbocycles. The molecule has 0 atom stereocenters. The second-order valence-electron chi connectivity index (χ2n) is 2.61. The number of nitrogens with zero attached hydrogens (tertiary/aromatic N) is 4. The molecule has 0 spiro atoms. The first-order valence-corrected chi connectivity index (χ1v) is 3.71. The van der Waals surface area contributed by atoms with Crippen LogP contribution in [0.2, 0.25) is 0 Å². The molecule has 5 heteroatoms. The molecule has 0 saturated heterocycles. The molecular formula is C8H10N4O. The molecule has 0 aliphatic rings. The molecular weight excluding hydrogens is 168 g/mol. The van der Waals surface area contributed by atoms with Crippen LogP contribution in [0.15, 0.2) is 23.6 Å². The molecule has 1 heterocycles. The van der Waals surface area contributed by atoms with Crippen LogP contribution in [0, 0.1) is 0 Å². The predicted octanol–water partition coefficient (Wildman–Crippen LogP) is 0.207. The molecule has 0 aliphatic heterocycles. The minimum Gasteiger partial charge on any atom is -0.369 e. The third-order valence-corrected chi connectivity index (χ3v) is 1.21. The number of hydrogen-bond donors (Lipinski definition) is 0. The number of amides is 1. The zero-order chi connectivity index (χ0) is 9.68. The smallest absolute Gasteiger partial charge is 0.297 e. The highest BCUT2D eigenvalue weighted by molar-refractivity contribution is 5.96. The average Bonchev–Trinajstić information content (AvgIpc) is 2.15. The van der Waals surface area contributed by atoms with E-state index in [1.807, 2.05) is 0 Å². The molecule has 1 aromatic rings. The standard InChI is InChI=1S/C8H10N4O/c1-12(2)6-11-8(13)7-3-4-9-5-10-7/h3-6H,1-2H3. The third-order valence-electron chi connectivity index (χ3n) is 1.21. The quantitative estimate of drug-likeness (QED) is 0.479. The molecule has 68 valence electrons. The highest BCUT2D eigenvalue weighted by Gasteiger charge is 2.02. The van der Waals surface area contributed by atoms with Crippen molar-refractivity contribution < 1.29 is 4.79 Å². The molecule has 0 fully saturated rings. The van der Waals surface area contributed by atoms with Gasteiger partial charge in [-0.05, 0) is 6.07 Å². The van der Waals surface area contributed by atoms with Crippen molar-refractivity contribution in [2.75, 3.05) is 14.1 Å². The van der Waals surface area contributed by atoms with E-state index in [9.17, 15) is 4.79 Å². The molecule has 0 radical (unpaired) electrons. The minimum absolute atomic E-state index is 0.299. The summed E-state index contributed by atoms with van der Waals surface area (Å²) in [6.45, 7) is 0. The van der Waals surface area contributed by atoms with Crippen molar-refractivity contribution >= 4 is 12.2 Å². The van der Waals surface area contributed by atoms with E-state index in [0.29, 0.717) is 5.69 Å². The molecule has 0 aromatic carbocycles. The molecule has 0 unspecified atom stereocenters. The van der Waals surface area contributed by atoms with E-state index in [0.717, 1.165) is 0 Å². The van der Waals surface area contributed by atoms with Gasteiger partial charge in [-0.1, -0.05) is 0 Å². The van der Waals surface area contributed by atoms with Gasteiger partial charge in [-0.2, -0.15) is 4.99 Å². The first-order chi connectivity index (χ1) is 6.20. The van der Waals surface area contributed by atoms with E-state index in [4.69, 9.17) is 0 Å². The largest absolute Gasteiger partial charge is 0.369 e. The van der Waals surface area contributed by atoms with Gasteiger partial charge < -0.3 is 4.90 Å². The lowest BCUT2D eigenvalue weighted by atomic mass is 10.4. The fraction of sp³-hybridized carbons (Fsp3) is 0.250. The van der Waals surface area contributed by atoms with Crippen LogP contribution in [0.4, 0.5) is 0 Å². The lowest BCUT2D eigenvalue weighted by molar-refractivity contribution is 0.0997. The van der Waals surface area contributed by atoms with Gasteiger partial charge in [0.15, 0.2) is 0 Å². The highest BCUT2D eigenvalue weighted by atomic mass is 16.1. The molecule has 13 heavy (non-hydrogen) atoms. The van der Waals surface area contributed by atoms with E-state index < -0.39 is 0 Å². The Hall–Kier alpha value is -1.78. The van der Waals surface area contributed by atoms with Crippen LogP contribution in [-0.2, 0) is 0 Å². The van der Waals surface area contributed by atoms with Crippen molar-refractivity contribution in [3.63, 3.8) is 0 Å². The Bertz CT molecular complexity index is 307. The Morgan fingerprint density at radius 2 is 2.38 bits per heavy atom. The van der Waals surface area contributed by atoms with Gasteiger partial charge in [-0.15, -0.1) is 0 Å². The average molecular weight is 178 g/mol. The van der Waals surface area contributed by atoms with E-state index in [2.05, 4.69) is 15.0 Å². The summed E-state index contributed by atoms with van der Waals surface area (Å²) in [5.74, 6) is -0.365. The summed E-state index contributed by atoms with van der Waals surface area (Å²) in [7, 11) is 3.58. The number of hydrogen-bond acceptors (Lipinski definition) is 3. The van der Waals surface area contributed by atoms with Gasteiger partial charge in [0, 0.05) is 20.3 Å². The number of aromatic nitrogens is 2. The fourth-order valence-electron chi connectivity index (χ4n) is 0.651. The predicted molar refractivity (Wildman–Crippen MR) is 48.5 cm³/mol. The van der Waals surface area contributed by atoms with Gasteiger partial charge in [0.1, 0.15) is 12.0 Å². The van der Waals surface area contributed by atoms with Crippen LogP contribution in [0.1, 0.15) is 10.5 Å². The SMILES string of the molecule is CN(C)C=NC(=O)c1ccncn1. The monoisotopic (exact) mass is 178 g/mol. The van der Waals surface area contributed by atoms with Crippen LogP contribution in [0.25, 0.3) is 0 Å². The molecule has 5 nitrogen and oxygen atoms in total. The second kappa shape index (κ2) is 4.30. The van der Waals surface area contributed by atoms with E-state index >= 15 is 0 Å². The van der Waals surface area contributed by atoms with Gasteiger partial charge in [0.2, 0.25) is 0 Å². The number of rotatable bonds is 2. The van der Waals surface area contributed by atoms with Crippen molar-refractivity contribution in [1.29, 1.82) is 0 Å². The van der Waals surface area contributed by atoms with Crippen molar-refractivity contribution in [2.24, 2.45) is 4.99 Å². The summed E-state index contributed by atoms with van der Waals surface area (Å²) in [4.78, 5) is 24.0. The van der Waals surface area contributed by atoms with Crippen LogP contribution < -0.4 is 0 Å². The van der Waals surface area contributed by atoms with Gasteiger partial charge in [0.05, 0.1) is 6.34 Å². The van der Waals surface area contributed by atoms with Crippen molar-refractivity contribution in [3.8, 4) is 0 Å². The van der Waals surface area contributed by atoms with E-state index in [1.54, 1.807) is 19.0 Å². The van der Waals surface area contributed by atoms with E-state index in [-0.39, 0.29) is 5.91 Å². The lowest BCUT2D eigenvalue weighted by Gasteiger charge is -2.00. The van der Waals surface area contributed by atoms with Crippen LogP contribution >= 0.6 is 0 Å². The Morgan fingerprint density at radius 1 is 1.62 bits per heavy atom. The first-order valence-electron chi connectivity index (χ1n) is 3.71. The molecule has 0 N–H and O–H groups in total. The molecule has 0 saturated carbocycles. The van der Waals surface area contributed by atoms with Crippen LogP contribution in [-0.4, -0.2) is 41.2 Å². The lowest BCUT2D eigenvalue weighted by Crippen LogP contribution is -2.10. The van der Waals surface area contributed by atoms with Gasteiger partial charge in [-0.3, -0.25) is 4.79 Å². The summed E-state index contributed by atoms with van der Waals surface area (Å²) in [6, 6.07) is 1.52. The molecule has 1 rings (SSSR count). The van der Waals surface area contributed by atoms with Gasteiger partial charge in [0.25, 0.3) is 5.91 Å². The molecule has 1 aromatic heterocycles. The Balaban J connectivity index is 2.70. The Labute approximate surface area is 76.1 Å². The Kier molecular flexibility index (Phi) is 3.08. The maximum Gasteiger partial charge on any atom is 0.297 e. The second-order valence-corrected chi connectivity index (χ2v) is 2.61. The number of carbonyl (C=O) groups excluding carboxylic acids is 1. The molecule has 0 bridgehead atoms. The maximum atomic E-state index is 11.2. The van der Waals surface area contributed by atoms with Gasteiger partial charge >= 0.3 is 0 Å². The van der Waals surface area contributed by atoms with Crippen molar-refractivity contribution in [1.82, 2.24) is 14.9 Å². The zero-order valence-corrected chi connectivity index (χ0v) is 7.51. The minimum atomic E-state index is -0.365. The summed E-state index contributed by atoms with van der Waals surface area (Å²) in [5, 5.41) is 0. The first kappa shape index (κ1) is 9.31. The van der Waals surface area contributed by atoms with E-state index in [1.165, 1.54) is 24.9 Å². The topological polar surface area (TPSA) is 58.5 Å². The number of carbonyl (C=O) groups is 1. The Morgan fingerprint density at radius 3 is 2.92 bits per heavy atom. The van der Waals surface area contributed by atoms with Crippen molar-refractivity contribution in [2.45, 2.75) is 0 Å². The fourth-order valence-corrected chi connectivity index (χ4v) is 0.651. The summed E-state index contributed by atoms with van der Waals surface area (Å²) < 4.78 is 0. The number of aliphatic imine (C=N–C) groups is 1. The van der Waals surface area contributed by atoms with Gasteiger partial charge in [-0.25, -0.2) is 9.97 Å². The van der Waals surface area contributed by atoms with Crippen LogP contribution in [0.3, 0.4) is 0 Å². The maximum absolute atomic E-state index is 11.2. The highest BCUT2D eigenvalue weighted by Crippen LogP contribution is 1.93. The summed E-state index contributed by atoms with van der Waals surface area (Å²) in [6.07, 6.45) is 4.26. The van der Waals surface area contributed by atoms with Crippen LogP contribution in [0.5, 0.6) is 0 Å².